The molecule has 19 heavy (non-hydrogen) atoms. The van der Waals surface area contributed by atoms with Crippen LogP contribution in [0.15, 0.2) is 18.2 Å². The van der Waals surface area contributed by atoms with Crippen LogP contribution < -0.4 is 0 Å². The van der Waals surface area contributed by atoms with Gasteiger partial charge < -0.3 is 0 Å². The summed E-state index contributed by atoms with van der Waals surface area (Å²) in [5, 5.41) is 8.86. The highest BCUT2D eigenvalue weighted by atomic mass is 19.1. The van der Waals surface area contributed by atoms with Crippen molar-refractivity contribution in [1.82, 2.24) is 4.90 Å². The van der Waals surface area contributed by atoms with Crippen molar-refractivity contribution in [3.05, 3.63) is 35.1 Å². The molecule has 1 aromatic rings. The molecule has 0 spiro atoms. The van der Waals surface area contributed by atoms with Crippen LogP contribution in [-0.2, 0) is 6.54 Å². The zero-order valence-corrected chi connectivity index (χ0v) is 11.5. The Balaban J connectivity index is 2.01. The third-order valence-electron chi connectivity index (χ3n) is 4.03. The fraction of sp³-hybridized carbons (Fsp3) is 0.562. The molecule has 1 aliphatic rings. The van der Waals surface area contributed by atoms with E-state index in [0.717, 1.165) is 12.1 Å². The smallest absolute Gasteiger partial charge is 0.140 e. The zero-order valence-electron chi connectivity index (χ0n) is 11.5. The molecule has 0 heterocycles. The van der Waals surface area contributed by atoms with Crippen molar-refractivity contribution in [3.8, 4) is 6.07 Å². The summed E-state index contributed by atoms with van der Waals surface area (Å²) in [5.74, 6) is -0.427. The molecule has 0 atom stereocenters. The molecule has 1 fully saturated rings. The third kappa shape index (κ3) is 3.78. The Morgan fingerprint density at radius 2 is 1.95 bits per heavy atom. The predicted molar refractivity (Wildman–Crippen MR) is 74.1 cm³/mol. The molecule has 2 rings (SSSR count). The first-order valence-corrected chi connectivity index (χ1v) is 7.09. The quantitative estimate of drug-likeness (QED) is 0.772. The molecular weight excluding hydrogens is 239 g/mol. The molecule has 2 nitrogen and oxygen atoms in total. The van der Waals surface area contributed by atoms with Crippen molar-refractivity contribution in [3.63, 3.8) is 0 Å². The van der Waals surface area contributed by atoms with E-state index in [2.05, 4.69) is 11.9 Å². The van der Waals surface area contributed by atoms with Gasteiger partial charge in [-0.15, -0.1) is 0 Å². The summed E-state index contributed by atoms with van der Waals surface area (Å²) in [6.07, 6.45) is 7.81. The zero-order chi connectivity index (χ0) is 13.7. The van der Waals surface area contributed by atoms with E-state index in [1.807, 2.05) is 6.07 Å². The summed E-state index contributed by atoms with van der Waals surface area (Å²) in [6.45, 7) is 0.791. The fourth-order valence-corrected chi connectivity index (χ4v) is 2.87. The van der Waals surface area contributed by atoms with Crippen LogP contribution in [0.3, 0.4) is 0 Å². The molecule has 3 heteroatoms. The summed E-state index contributed by atoms with van der Waals surface area (Å²) in [5.41, 5.74) is 1.16. The van der Waals surface area contributed by atoms with Crippen LogP contribution in [0.25, 0.3) is 0 Å². The molecular formula is C16H21FN2. The summed E-state index contributed by atoms with van der Waals surface area (Å²) in [4.78, 5) is 2.35. The Hall–Kier alpha value is -1.40. The number of benzene rings is 1. The van der Waals surface area contributed by atoms with Crippen LogP contribution >= 0.6 is 0 Å². The van der Waals surface area contributed by atoms with E-state index in [1.54, 1.807) is 12.1 Å². The minimum atomic E-state index is -0.427. The molecule has 0 N–H and O–H groups in total. The van der Waals surface area contributed by atoms with Crippen molar-refractivity contribution in [2.45, 2.75) is 51.1 Å². The SMILES string of the molecule is CN(Cc1ccc(F)c(C#N)c1)C1CCCCCC1. The van der Waals surface area contributed by atoms with Crippen molar-refractivity contribution in [2.24, 2.45) is 0 Å². The summed E-state index contributed by atoms with van der Waals surface area (Å²) < 4.78 is 13.3. The van der Waals surface area contributed by atoms with Gasteiger partial charge in [-0.2, -0.15) is 5.26 Å². The lowest BCUT2D eigenvalue weighted by atomic mass is 10.1. The van der Waals surface area contributed by atoms with Gasteiger partial charge in [0.25, 0.3) is 0 Å². The molecule has 0 amide bonds. The first-order chi connectivity index (χ1) is 9.20. The normalized spacial score (nSPS) is 17.2. The monoisotopic (exact) mass is 260 g/mol. The van der Waals surface area contributed by atoms with Crippen molar-refractivity contribution >= 4 is 0 Å². The minimum Gasteiger partial charge on any atom is -0.299 e. The number of nitrogens with zero attached hydrogens (tertiary/aromatic N) is 2. The molecule has 0 aliphatic heterocycles. The maximum Gasteiger partial charge on any atom is 0.140 e. The van der Waals surface area contributed by atoms with E-state index < -0.39 is 5.82 Å². The van der Waals surface area contributed by atoms with Gasteiger partial charge in [-0.1, -0.05) is 31.7 Å². The van der Waals surface area contributed by atoms with Crippen LogP contribution in [0, 0.1) is 17.1 Å². The van der Waals surface area contributed by atoms with Crippen LogP contribution in [0.1, 0.15) is 49.7 Å². The van der Waals surface area contributed by atoms with Gasteiger partial charge in [-0.3, -0.25) is 4.90 Å². The Labute approximate surface area is 114 Å². The van der Waals surface area contributed by atoms with E-state index >= 15 is 0 Å². The number of hydrogen-bond donors (Lipinski definition) is 0. The lowest BCUT2D eigenvalue weighted by Gasteiger charge is -2.27. The van der Waals surface area contributed by atoms with Crippen molar-refractivity contribution in [1.29, 1.82) is 5.26 Å². The second-order valence-electron chi connectivity index (χ2n) is 5.49. The third-order valence-corrected chi connectivity index (χ3v) is 4.03. The molecule has 0 unspecified atom stereocenters. The number of halogens is 1. The average molecular weight is 260 g/mol. The summed E-state index contributed by atoms with van der Waals surface area (Å²) in [7, 11) is 2.13. The average Bonchev–Trinajstić information content (AvgIpc) is 2.70. The van der Waals surface area contributed by atoms with E-state index in [1.165, 1.54) is 44.6 Å². The van der Waals surface area contributed by atoms with E-state index in [0.29, 0.717) is 6.04 Å². The van der Waals surface area contributed by atoms with Crippen LogP contribution in [0.4, 0.5) is 4.39 Å². The topological polar surface area (TPSA) is 27.0 Å². The van der Waals surface area contributed by atoms with Crippen LogP contribution in [0.2, 0.25) is 0 Å². The van der Waals surface area contributed by atoms with E-state index in [9.17, 15) is 4.39 Å². The lowest BCUT2D eigenvalue weighted by molar-refractivity contribution is 0.213. The van der Waals surface area contributed by atoms with Gasteiger partial charge in [-0.25, -0.2) is 4.39 Å². The Morgan fingerprint density at radius 1 is 1.26 bits per heavy atom. The largest absolute Gasteiger partial charge is 0.299 e. The van der Waals surface area contributed by atoms with Crippen molar-refractivity contribution < 1.29 is 4.39 Å². The fourth-order valence-electron chi connectivity index (χ4n) is 2.87. The van der Waals surface area contributed by atoms with Gasteiger partial charge >= 0.3 is 0 Å². The van der Waals surface area contributed by atoms with Gasteiger partial charge in [0.2, 0.25) is 0 Å². The first-order valence-electron chi connectivity index (χ1n) is 7.09. The molecule has 0 bridgehead atoms. The summed E-state index contributed by atoms with van der Waals surface area (Å²) >= 11 is 0. The second-order valence-corrected chi connectivity index (χ2v) is 5.49. The summed E-state index contributed by atoms with van der Waals surface area (Å²) in [6, 6.07) is 7.38. The molecule has 1 aromatic carbocycles. The molecule has 0 saturated heterocycles. The minimum absolute atomic E-state index is 0.145. The Morgan fingerprint density at radius 3 is 2.58 bits per heavy atom. The maximum absolute atomic E-state index is 13.3. The van der Waals surface area contributed by atoms with E-state index in [-0.39, 0.29) is 5.56 Å². The van der Waals surface area contributed by atoms with Gasteiger partial charge in [0, 0.05) is 12.6 Å². The highest BCUT2D eigenvalue weighted by Crippen LogP contribution is 2.22. The van der Waals surface area contributed by atoms with Gasteiger partial charge in [0.15, 0.2) is 0 Å². The molecule has 1 saturated carbocycles. The number of hydrogen-bond acceptors (Lipinski definition) is 2. The van der Waals surface area contributed by atoms with Gasteiger partial charge in [-0.05, 0) is 37.6 Å². The highest BCUT2D eigenvalue weighted by Gasteiger charge is 2.17. The Kier molecular flexibility index (Phi) is 4.93. The lowest BCUT2D eigenvalue weighted by Crippen LogP contribution is -2.30. The van der Waals surface area contributed by atoms with Crippen LogP contribution in [0.5, 0.6) is 0 Å². The molecule has 0 aromatic heterocycles. The first kappa shape index (κ1) is 14.0. The van der Waals surface area contributed by atoms with Gasteiger partial charge in [0.05, 0.1) is 5.56 Å². The second kappa shape index (κ2) is 6.68. The molecule has 1 aliphatic carbocycles. The standard InChI is InChI=1S/C16H21FN2/c1-19(15-6-4-2-3-5-7-15)12-13-8-9-16(17)14(10-13)11-18/h8-10,15H,2-7,12H2,1H3. The van der Waals surface area contributed by atoms with Crippen LogP contribution in [-0.4, -0.2) is 18.0 Å². The molecule has 0 radical (unpaired) electrons. The number of nitriles is 1. The predicted octanol–water partition coefficient (Wildman–Crippen LogP) is 3.85. The Bertz CT molecular complexity index is 456. The number of rotatable bonds is 3. The maximum atomic E-state index is 13.3. The van der Waals surface area contributed by atoms with Gasteiger partial charge in [0.1, 0.15) is 11.9 Å². The highest BCUT2D eigenvalue weighted by molar-refractivity contribution is 5.34. The van der Waals surface area contributed by atoms with Crippen molar-refractivity contribution in [2.75, 3.05) is 7.05 Å². The molecule has 102 valence electrons. The van der Waals surface area contributed by atoms with E-state index in [4.69, 9.17) is 5.26 Å².